The minimum absolute atomic E-state index is 0.194. The van der Waals surface area contributed by atoms with E-state index in [9.17, 15) is 0 Å². The Morgan fingerprint density at radius 3 is 2.52 bits per heavy atom. The lowest BCUT2D eigenvalue weighted by Gasteiger charge is -2.43. The average Bonchev–Trinajstić information content (AvgIpc) is 2.82. The maximum atomic E-state index is 5.86. The number of piperidine rings is 1. The molecule has 170 valence electrons. The number of nitrogens with zero attached hydrogens (tertiary/aromatic N) is 1. The molecule has 1 aliphatic carbocycles. The van der Waals surface area contributed by atoms with Crippen LogP contribution in [0.15, 0.2) is 36.4 Å². The van der Waals surface area contributed by atoms with Gasteiger partial charge in [0.25, 0.3) is 0 Å². The number of ether oxygens (including phenoxy) is 2. The molecule has 2 aliphatic rings. The zero-order valence-electron chi connectivity index (χ0n) is 19.3. The van der Waals surface area contributed by atoms with E-state index in [-0.39, 0.29) is 6.04 Å². The molecule has 2 aromatic carbocycles. The molecule has 2 atom stereocenters. The van der Waals surface area contributed by atoms with Crippen molar-refractivity contribution in [3.05, 3.63) is 42.0 Å². The summed E-state index contributed by atoms with van der Waals surface area (Å²) < 4.78 is 11.2. The van der Waals surface area contributed by atoms with Crippen molar-refractivity contribution in [2.24, 2.45) is 5.92 Å². The molecule has 2 fully saturated rings. The molecule has 0 spiro atoms. The molecule has 5 heteroatoms. The van der Waals surface area contributed by atoms with E-state index < -0.39 is 0 Å². The second kappa shape index (κ2) is 10.8. The first-order chi connectivity index (χ1) is 15.2. The zero-order valence-corrected chi connectivity index (χ0v) is 19.3. The van der Waals surface area contributed by atoms with Gasteiger partial charge in [-0.1, -0.05) is 18.2 Å². The molecule has 4 rings (SSSR count). The molecule has 0 aromatic heterocycles. The Labute approximate surface area is 187 Å². The lowest BCUT2D eigenvalue weighted by atomic mass is 9.84. The minimum atomic E-state index is 0.194. The summed E-state index contributed by atoms with van der Waals surface area (Å²) in [6.07, 6.45) is 7.88. The normalized spacial score (nSPS) is 26.1. The quantitative estimate of drug-likeness (QED) is 0.595. The highest BCUT2D eigenvalue weighted by Crippen LogP contribution is 2.35. The molecule has 31 heavy (non-hydrogen) atoms. The molecule has 1 heterocycles. The molecule has 2 unspecified atom stereocenters. The Morgan fingerprint density at radius 1 is 1.00 bits per heavy atom. The van der Waals surface area contributed by atoms with E-state index in [1.807, 2.05) is 6.07 Å². The molecule has 1 aliphatic heterocycles. The smallest absolute Gasteiger partial charge is 0.119 e. The zero-order chi connectivity index (χ0) is 21.6. The van der Waals surface area contributed by atoms with E-state index in [1.54, 1.807) is 14.2 Å². The molecule has 1 N–H and O–H groups in total. The fourth-order valence-corrected chi connectivity index (χ4v) is 5.58. The van der Waals surface area contributed by atoms with E-state index in [2.05, 4.69) is 47.6 Å². The van der Waals surface area contributed by atoms with Gasteiger partial charge in [0.1, 0.15) is 5.75 Å². The molecule has 0 bridgehead atoms. The standard InChI is InChI=1S/C26H38N2O3/c1-4-31-24-13-10-23(11-14-24)28-15-5-6-22(18-28)26(27-30-3)21-8-7-20-17-25(29-2)12-9-19(20)16-21/h7-9,12,16-17,22-24,26-27H,4-6,10-11,13-15,18H2,1-3H3. The number of hydroxylamine groups is 1. The minimum Gasteiger partial charge on any atom is -0.497 e. The molecule has 0 radical (unpaired) electrons. The van der Waals surface area contributed by atoms with Crippen molar-refractivity contribution >= 4 is 10.8 Å². The van der Waals surface area contributed by atoms with Gasteiger partial charge in [0.05, 0.1) is 26.4 Å². The summed E-state index contributed by atoms with van der Waals surface area (Å²) >= 11 is 0. The topological polar surface area (TPSA) is 43.0 Å². The number of rotatable bonds is 8. The predicted octanol–water partition coefficient (Wildman–Crippen LogP) is 5.10. The Balaban J connectivity index is 1.47. The summed E-state index contributed by atoms with van der Waals surface area (Å²) in [5.41, 5.74) is 4.63. The van der Waals surface area contributed by atoms with Crippen LogP contribution in [-0.4, -0.2) is 51.0 Å². The van der Waals surface area contributed by atoms with Crippen LogP contribution >= 0.6 is 0 Å². The summed E-state index contributed by atoms with van der Waals surface area (Å²) in [5.74, 6) is 1.43. The largest absolute Gasteiger partial charge is 0.497 e. The second-order valence-corrected chi connectivity index (χ2v) is 9.06. The van der Waals surface area contributed by atoms with E-state index in [0.717, 1.165) is 18.9 Å². The van der Waals surface area contributed by atoms with Gasteiger partial charge in [0, 0.05) is 19.2 Å². The number of methoxy groups -OCH3 is 1. The summed E-state index contributed by atoms with van der Waals surface area (Å²) in [7, 11) is 3.45. The maximum Gasteiger partial charge on any atom is 0.119 e. The third-order valence-corrected chi connectivity index (χ3v) is 7.20. The van der Waals surface area contributed by atoms with Gasteiger partial charge in [0.2, 0.25) is 0 Å². The van der Waals surface area contributed by atoms with E-state index in [0.29, 0.717) is 18.1 Å². The van der Waals surface area contributed by atoms with Crippen LogP contribution in [0.25, 0.3) is 10.8 Å². The van der Waals surface area contributed by atoms with Crippen molar-refractivity contribution in [3.63, 3.8) is 0 Å². The first kappa shape index (κ1) is 22.5. The predicted molar refractivity (Wildman–Crippen MR) is 125 cm³/mol. The Kier molecular flexibility index (Phi) is 7.83. The van der Waals surface area contributed by atoms with Gasteiger partial charge >= 0.3 is 0 Å². The van der Waals surface area contributed by atoms with Crippen LogP contribution in [0.5, 0.6) is 5.75 Å². The van der Waals surface area contributed by atoms with Crippen LogP contribution in [0.2, 0.25) is 0 Å². The lowest BCUT2D eigenvalue weighted by Crippen LogP contribution is -2.47. The van der Waals surface area contributed by atoms with Crippen molar-refractivity contribution in [2.45, 2.75) is 63.6 Å². The monoisotopic (exact) mass is 426 g/mol. The number of fused-ring (bicyclic) bond motifs is 1. The Hall–Kier alpha value is -1.66. The lowest BCUT2D eigenvalue weighted by molar-refractivity contribution is -0.00963. The second-order valence-electron chi connectivity index (χ2n) is 9.06. The summed E-state index contributed by atoms with van der Waals surface area (Å²) in [6, 6.07) is 13.9. The average molecular weight is 427 g/mol. The van der Waals surface area contributed by atoms with E-state index in [1.165, 1.54) is 61.4 Å². The van der Waals surface area contributed by atoms with Gasteiger partial charge in [0.15, 0.2) is 0 Å². The fraction of sp³-hybridized carbons (Fsp3) is 0.615. The van der Waals surface area contributed by atoms with Crippen LogP contribution in [0, 0.1) is 5.92 Å². The van der Waals surface area contributed by atoms with Crippen LogP contribution < -0.4 is 10.2 Å². The molecule has 1 saturated carbocycles. The summed E-state index contributed by atoms with van der Waals surface area (Å²) in [4.78, 5) is 8.22. The van der Waals surface area contributed by atoms with Gasteiger partial charge in [-0.05, 0) is 92.4 Å². The Bertz CT molecular complexity index is 835. The third kappa shape index (κ3) is 5.40. The first-order valence-corrected chi connectivity index (χ1v) is 11.9. The van der Waals surface area contributed by atoms with Crippen molar-refractivity contribution in [2.75, 3.05) is 33.9 Å². The van der Waals surface area contributed by atoms with Crippen LogP contribution in [-0.2, 0) is 9.57 Å². The van der Waals surface area contributed by atoms with Crippen LogP contribution in [0.4, 0.5) is 0 Å². The molecule has 2 aromatic rings. The van der Waals surface area contributed by atoms with Crippen molar-refractivity contribution in [3.8, 4) is 5.75 Å². The molecule has 1 saturated heterocycles. The highest BCUT2D eigenvalue weighted by atomic mass is 16.6. The third-order valence-electron chi connectivity index (χ3n) is 7.20. The molecule has 5 nitrogen and oxygen atoms in total. The van der Waals surface area contributed by atoms with Gasteiger partial charge in [-0.3, -0.25) is 0 Å². The highest BCUT2D eigenvalue weighted by Gasteiger charge is 2.33. The van der Waals surface area contributed by atoms with E-state index in [4.69, 9.17) is 14.3 Å². The maximum absolute atomic E-state index is 5.86. The van der Waals surface area contributed by atoms with Crippen molar-refractivity contribution in [1.82, 2.24) is 10.4 Å². The molecular formula is C26H38N2O3. The molecular weight excluding hydrogens is 388 g/mol. The fourth-order valence-electron chi connectivity index (χ4n) is 5.58. The number of benzene rings is 2. The SMILES string of the molecule is CCOC1CCC(N2CCCC(C(NOC)c3ccc4cc(OC)ccc4c3)C2)CC1. The highest BCUT2D eigenvalue weighted by molar-refractivity contribution is 5.84. The van der Waals surface area contributed by atoms with Gasteiger partial charge < -0.3 is 19.2 Å². The van der Waals surface area contributed by atoms with E-state index >= 15 is 0 Å². The number of hydrogen-bond donors (Lipinski definition) is 1. The Morgan fingerprint density at radius 2 is 1.77 bits per heavy atom. The number of nitrogens with one attached hydrogen (secondary N) is 1. The first-order valence-electron chi connectivity index (χ1n) is 11.9. The van der Waals surface area contributed by atoms with Gasteiger partial charge in [-0.25, -0.2) is 0 Å². The summed E-state index contributed by atoms with van der Waals surface area (Å²) in [5, 5.41) is 2.44. The number of likely N-dealkylation sites (tertiary alicyclic amines) is 1. The van der Waals surface area contributed by atoms with Crippen molar-refractivity contribution in [1.29, 1.82) is 0 Å². The van der Waals surface area contributed by atoms with Gasteiger partial charge in [-0.2, -0.15) is 5.48 Å². The number of hydrogen-bond acceptors (Lipinski definition) is 5. The summed E-state index contributed by atoms with van der Waals surface area (Å²) in [6.45, 7) is 5.29. The van der Waals surface area contributed by atoms with Gasteiger partial charge in [-0.15, -0.1) is 0 Å². The molecule has 0 amide bonds. The van der Waals surface area contributed by atoms with Crippen LogP contribution in [0.3, 0.4) is 0 Å². The van der Waals surface area contributed by atoms with Crippen molar-refractivity contribution < 1.29 is 14.3 Å². The van der Waals surface area contributed by atoms with Crippen LogP contribution in [0.1, 0.15) is 57.1 Å².